The summed E-state index contributed by atoms with van der Waals surface area (Å²) in [7, 11) is 0. The van der Waals surface area contributed by atoms with Gasteiger partial charge in [-0.3, -0.25) is 4.90 Å². The number of nitrogens with one attached hydrogen (secondary N) is 1. The molecule has 2 unspecified atom stereocenters. The fourth-order valence-corrected chi connectivity index (χ4v) is 4.29. The second-order valence-electron chi connectivity index (χ2n) is 6.27. The van der Waals surface area contributed by atoms with E-state index in [-0.39, 0.29) is 0 Å². The third-order valence-corrected chi connectivity index (χ3v) is 5.18. The molecule has 2 heterocycles. The van der Waals surface area contributed by atoms with Crippen molar-refractivity contribution in [1.29, 1.82) is 0 Å². The second-order valence-corrected chi connectivity index (χ2v) is 6.27. The highest BCUT2D eigenvalue weighted by atomic mass is 15.3. The smallest absolute Gasteiger partial charge is 0.0200 e. The van der Waals surface area contributed by atoms with Crippen molar-refractivity contribution in [3.05, 3.63) is 0 Å². The molecule has 3 rings (SSSR count). The largest absolute Gasteiger partial charge is 0.316 e. The zero-order chi connectivity index (χ0) is 10.5. The molecule has 0 aromatic carbocycles. The van der Waals surface area contributed by atoms with Crippen molar-refractivity contribution in [2.45, 2.75) is 51.1 Å². The van der Waals surface area contributed by atoms with Gasteiger partial charge in [0.15, 0.2) is 0 Å². The third-order valence-electron chi connectivity index (χ3n) is 5.18. The van der Waals surface area contributed by atoms with Crippen LogP contribution < -0.4 is 5.32 Å². The Morgan fingerprint density at radius 1 is 1.13 bits per heavy atom. The van der Waals surface area contributed by atoms with Gasteiger partial charge in [0.05, 0.1) is 0 Å². The van der Waals surface area contributed by atoms with Gasteiger partial charge in [-0.1, -0.05) is 12.8 Å². The van der Waals surface area contributed by atoms with Crippen LogP contribution in [-0.2, 0) is 0 Å². The van der Waals surface area contributed by atoms with Crippen LogP contribution in [0.15, 0.2) is 0 Å². The number of hydrogen-bond acceptors (Lipinski definition) is 2. The lowest BCUT2D eigenvalue weighted by molar-refractivity contribution is 0.0914. The van der Waals surface area contributed by atoms with E-state index in [1.165, 1.54) is 45.3 Å². The molecule has 2 aliphatic heterocycles. The fourth-order valence-electron chi connectivity index (χ4n) is 4.29. The molecule has 1 aliphatic carbocycles. The van der Waals surface area contributed by atoms with Crippen LogP contribution in [0, 0.1) is 11.8 Å². The Hall–Kier alpha value is -0.0800. The van der Waals surface area contributed by atoms with E-state index in [9.17, 15) is 0 Å². The molecular formula is C13H24N2. The average molecular weight is 208 g/mol. The van der Waals surface area contributed by atoms with Crippen molar-refractivity contribution in [2.75, 3.05) is 19.6 Å². The lowest BCUT2D eigenvalue weighted by Gasteiger charge is -2.39. The van der Waals surface area contributed by atoms with Crippen LogP contribution in [0.5, 0.6) is 0 Å². The molecule has 0 bridgehead atoms. The Morgan fingerprint density at radius 2 is 1.87 bits per heavy atom. The third kappa shape index (κ3) is 1.45. The van der Waals surface area contributed by atoms with Gasteiger partial charge in [-0.25, -0.2) is 0 Å². The summed E-state index contributed by atoms with van der Waals surface area (Å²) in [5.41, 5.74) is 0.448. The molecule has 0 amide bonds. The standard InChI is InChI=1S/C13H24N2/c1-13(2)12-8-14-7-10(12)9-15(13)11-5-3-4-6-11/h10-12,14H,3-9H2,1-2H3. The molecule has 0 aromatic heterocycles. The molecule has 2 atom stereocenters. The Balaban J connectivity index is 1.79. The van der Waals surface area contributed by atoms with E-state index in [4.69, 9.17) is 0 Å². The van der Waals surface area contributed by atoms with Crippen molar-refractivity contribution in [3.8, 4) is 0 Å². The van der Waals surface area contributed by atoms with Crippen LogP contribution in [0.25, 0.3) is 0 Å². The van der Waals surface area contributed by atoms with Crippen LogP contribution in [0.4, 0.5) is 0 Å². The molecule has 1 N–H and O–H groups in total. The van der Waals surface area contributed by atoms with E-state index in [2.05, 4.69) is 24.1 Å². The SMILES string of the molecule is CC1(C)C2CNCC2CN1C1CCCC1. The van der Waals surface area contributed by atoms with Gasteiger partial charge in [0, 0.05) is 24.7 Å². The van der Waals surface area contributed by atoms with Gasteiger partial charge >= 0.3 is 0 Å². The maximum absolute atomic E-state index is 3.56. The molecule has 0 aromatic rings. The Labute approximate surface area is 93.4 Å². The van der Waals surface area contributed by atoms with E-state index in [1.807, 2.05) is 0 Å². The topological polar surface area (TPSA) is 15.3 Å². The number of fused-ring (bicyclic) bond motifs is 1. The van der Waals surface area contributed by atoms with Crippen molar-refractivity contribution >= 4 is 0 Å². The van der Waals surface area contributed by atoms with Gasteiger partial charge < -0.3 is 5.32 Å². The van der Waals surface area contributed by atoms with E-state index in [1.54, 1.807) is 0 Å². The predicted molar refractivity (Wildman–Crippen MR) is 62.9 cm³/mol. The van der Waals surface area contributed by atoms with E-state index < -0.39 is 0 Å². The first-order chi connectivity index (χ1) is 7.19. The zero-order valence-electron chi connectivity index (χ0n) is 10.1. The minimum atomic E-state index is 0.448. The fraction of sp³-hybridized carbons (Fsp3) is 1.00. The maximum atomic E-state index is 3.56. The Morgan fingerprint density at radius 3 is 2.53 bits per heavy atom. The van der Waals surface area contributed by atoms with Crippen LogP contribution >= 0.6 is 0 Å². The number of nitrogens with zero attached hydrogens (tertiary/aromatic N) is 1. The quantitative estimate of drug-likeness (QED) is 0.707. The molecule has 86 valence electrons. The highest BCUT2D eigenvalue weighted by Gasteiger charge is 2.51. The number of hydrogen-bond donors (Lipinski definition) is 1. The van der Waals surface area contributed by atoms with Crippen LogP contribution in [0.2, 0.25) is 0 Å². The molecule has 2 saturated heterocycles. The molecule has 0 spiro atoms. The first-order valence-corrected chi connectivity index (χ1v) is 6.67. The predicted octanol–water partition coefficient (Wildman–Crippen LogP) is 1.86. The van der Waals surface area contributed by atoms with Gasteiger partial charge in [0.25, 0.3) is 0 Å². The normalized spacial score (nSPS) is 41.2. The monoisotopic (exact) mass is 208 g/mol. The van der Waals surface area contributed by atoms with Crippen LogP contribution in [-0.4, -0.2) is 36.1 Å². The van der Waals surface area contributed by atoms with Crippen molar-refractivity contribution in [1.82, 2.24) is 10.2 Å². The number of rotatable bonds is 1. The van der Waals surface area contributed by atoms with Crippen molar-refractivity contribution in [3.63, 3.8) is 0 Å². The molecular weight excluding hydrogens is 184 g/mol. The highest BCUT2D eigenvalue weighted by Crippen LogP contribution is 2.44. The van der Waals surface area contributed by atoms with Crippen molar-refractivity contribution in [2.24, 2.45) is 11.8 Å². The summed E-state index contributed by atoms with van der Waals surface area (Å²) >= 11 is 0. The molecule has 1 saturated carbocycles. The molecule has 15 heavy (non-hydrogen) atoms. The zero-order valence-corrected chi connectivity index (χ0v) is 10.1. The first kappa shape index (κ1) is 10.1. The Bertz CT molecular complexity index is 243. The minimum Gasteiger partial charge on any atom is -0.316 e. The molecule has 2 nitrogen and oxygen atoms in total. The molecule has 3 fully saturated rings. The number of likely N-dealkylation sites (tertiary alicyclic amines) is 1. The second kappa shape index (κ2) is 3.46. The van der Waals surface area contributed by atoms with E-state index in [0.29, 0.717) is 5.54 Å². The molecule has 3 aliphatic rings. The lowest BCUT2D eigenvalue weighted by atomic mass is 9.84. The average Bonchev–Trinajstić information content (AvgIpc) is 2.86. The van der Waals surface area contributed by atoms with Gasteiger partial charge in [-0.2, -0.15) is 0 Å². The summed E-state index contributed by atoms with van der Waals surface area (Å²) in [6, 6.07) is 0.908. The van der Waals surface area contributed by atoms with Gasteiger partial charge in [0.2, 0.25) is 0 Å². The lowest BCUT2D eigenvalue weighted by Crippen LogP contribution is -2.48. The summed E-state index contributed by atoms with van der Waals surface area (Å²) in [5, 5.41) is 3.56. The summed E-state index contributed by atoms with van der Waals surface area (Å²) in [6.07, 6.45) is 5.84. The molecule has 0 radical (unpaired) electrons. The first-order valence-electron chi connectivity index (χ1n) is 6.67. The minimum absolute atomic E-state index is 0.448. The molecule has 2 heteroatoms. The van der Waals surface area contributed by atoms with Crippen LogP contribution in [0.1, 0.15) is 39.5 Å². The Kier molecular flexibility index (Phi) is 2.33. The summed E-state index contributed by atoms with van der Waals surface area (Å²) in [4.78, 5) is 2.84. The van der Waals surface area contributed by atoms with E-state index in [0.717, 1.165) is 17.9 Å². The summed E-state index contributed by atoms with van der Waals surface area (Å²) < 4.78 is 0. The van der Waals surface area contributed by atoms with Gasteiger partial charge in [-0.05, 0) is 45.1 Å². The van der Waals surface area contributed by atoms with Crippen LogP contribution in [0.3, 0.4) is 0 Å². The van der Waals surface area contributed by atoms with Gasteiger partial charge in [-0.15, -0.1) is 0 Å². The maximum Gasteiger partial charge on any atom is 0.0200 e. The highest BCUT2D eigenvalue weighted by molar-refractivity contribution is 5.06. The summed E-state index contributed by atoms with van der Waals surface area (Å²) in [6.45, 7) is 8.82. The van der Waals surface area contributed by atoms with Gasteiger partial charge in [0.1, 0.15) is 0 Å². The summed E-state index contributed by atoms with van der Waals surface area (Å²) in [5.74, 6) is 1.83. The van der Waals surface area contributed by atoms with E-state index >= 15 is 0 Å². The van der Waals surface area contributed by atoms with Crippen molar-refractivity contribution < 1.29 is 0 Å².